The van der Waals surface area contributed by atoms with Gasteiger partial charge in [0.05, 0.1) is 0 Å². The maximum absolute atomic E-state index is 13.4. The van der Waals surface area contributed by atoms with Crippen LogP contribution >= 0.6 is 11.6 Å². The third kappa shape index (κ3) is 2.68. The Morgan fingerprint density at radius 2 is 2.40 bits per heavy atom. The highest BCUT2D eigenvalue weighted by Crippen LogP contribution is 2.18. The van der Waals surface area contributed by atoms with Crippen molar-refractivity contribution in [3.05, 3.63) is 34.6 Å². The fourth-order valence-corrected chi connectivity index (χ4v) is 2.01. The van der Waals surface area contributed by atoms with Crippen molar-refractivity contribution in [2.24, 2.45) is 0 Å². The minimum atomic E-state index is -0.235. The molecule has 1 aliphatic rings. The van der Waals surface area contributed by atoms with Gasteiger partial charge in [0.2, 0.25) is 0 Å². The highest BCUT2D eigenvalue weighted by molar-refractivity contribution is 6.31. The van der Waals surface area contributed by atoms with Gasteiger partial charge in [0, 0.05) is 29.7 Å². The van der Waals surface area contributed by atoms with Crippen molar-refractivity contribution < 1.29 is 4.39 Å². The van der Waals surface area contributed by atoms with E-state index in [0.717, 1.165) is 19.5 Å². The van der Waals surface area contributed by atoms with Gasteiger partial charge >= 0.3 is 0 Å². The van der Waals surface area contributed by atoms with Crippen molar-refractivity contribution in [1.29, 1.82) is 0 Å². The lowest BCUT2D eigenvalue weighted by atomic mass is 10.2. The highest BCUT2D eigenvalue weighted by Gasteiger charge is 2.15. The summed E-state index contributed by atoms with van der Waals surface area (Å²) in [6.07, 6.45) is 1.09. The molecule has 0 aromatic heterocycles. The average Bonchev–Trinajstić information content (AvgIpc) is 2.70. The molecule has 0 amide bonds. The molecule has 1 heterocycles. The van der Waals surface area contributed by atoms with Gasteiger partial charge in [-0.25, -0.2) is 4.39 Å². The monoisotopic (exact) mass is 228 g/mol. The minimum absolute atomic E-state index is 0.235. The minimum Gasteiger partial charge on any atom is -0.315 e. The van der Waals surface area contributed by atoms with Gasteiger partial charge in [-0.3, -0.25) is 0 Å². The average molecular weight is 229 g/mol. The van der Waals surface area contributed by atoms with E-state index < -0.39 is 0 Å². The number of nitrogens with one attached hydrogen (secondary N) is 2. The predicted octanol–water partition coefficient (Wildman–Crippen LogP) is 1.93. The first-order valence-electron chi connectivity index (χ1n) is 5.14. The summed E-state index contributed by atoms with van der Waals surface area (Å²) in [4.78, 5) is 0. The lowest BCUT2D eigenvalue weighted by Crippen LogP contribution is -2.30. The molecule has 15 heavy (non-hydrogen) atoms. The van der Waals surface area contributed by atoms with Crippen molar-refractivity contribution >= 4 is 11.6 Å². The van der Waals surface area contributed by atoms with Crippen LogP contribution in [0.5, 0.6) is 0 Å². The third-order valence-corrected chi connectivity index (χ3v) is 3.04. The summed E-state index contributed by atoms with van der Waals surface area (Å²) < 4.78 is 13.4. The van der Waals surface area contributed by atoms with Crippen LogP contribution < -0.4 is 10.6 Å². The molecule has 1 aromatic carbocycles. The summed E-state index contributed by atoms with van der Waals surface area (Å²) in [6, 6.07) is 5.21. The molecule has 2 N–H and O–H groups in total. The number of benzene rings is 1. The summed E-state index contributed by atoms with van der Waals surface area (Å²) in [6.45, 7) is 2.48. The lowest BCUT2D eigenvalue weighted by molar-refractivity contribution is 0.527. The summed E-state index contributed by atoms with van der Waals surface area (Å²) in [5, 5.41) is 7.04. The molecular formula is C11H14ClFN2. The Bertz CT molecular complexity index is 317. The van der Waals surface area contributed by atoms with Gasteiger partial charge < -0.3 is 10.6 Å². The van der Waals surface area contributed by atoms with E-state index in [-0.39, 0.29) is 5.82 Å². The van der Waals surface area contributed by atoms with Gasteiger partial charge in [-0.1, -0.05) is 17.7 Å². The zero-order chi connectivity index (χ0) is 10.7. The highest BCUT2D eigenvalue weighted by atomic mass is 35.5. The molecule has 0 radical (unpaired) electrons. The predicted molar refractivity (Wildman–Crippen MR) is 59.5 cm³/mol. The molecule has 1 fully saturated rings. The molecule has 1 aliphatic heterocycles. The van der Waals surface area contributed by atoms with Crippen molar-refractivity contribution in [2.75, 3.05) is 13.1 Å². The summed E-state index contributed by atoms with van der Waals surface area (Å²) >= 11 is 5.92. The van der Waals surface area contributed by atoms with E-state index in [1.165, 1.54) is 6.07 Å². The smallest absolute Gasteiger partial charge is 0.129 e. The Kier molecular flexibility index (Phi) is 3.57. The van der Waals surface area contributed by atoms with Crippen LogP contribution in [0.2, 0.25) is 5.02 Å². The molecule has 1 atom stereocenters. The molecule has 0 saturated carbocycles. The van der Waals surface area contributed by atoms with Crippen molar-refractivity contribution in [2.45, 2.75) is 19.0 Å². The molecule has 0 bridgehead atoms. The standard InChI is InChI=1S/C11H14ClFN2/c12-10-2-1-3-11(13)9(10)7-15-8-4-5-14-6-8/h1-3,8,14-15H,4-7H2/t8-/m0/s1. The normalized spacial score (nSPS) is 20.8. The molecule has 0 unspecified atom stereocenters. The van der Waals surface area contributed by atoms with Gasteiger partial charge in [-0.15, -0.1) is 0 Å². The fourth-order valence-electron chi connectivity index (χ4n) is 1.78. The Labute approximate surface area is 93.8 Å². The summed E-state index contributed by atoms with van der Waals surface area (Å²) in [5.74, 6) is -0.235. The largest absolute Gasteiger partial charge is 0.315 e. The van der Waals surface area contributed by atoms with Gasteiger partial charge in [-0.2, -0.15) is 0 Å². The van der Waals surface area contributed by atoms with Gasteiger partial charge in [0.15, 0.2) is 0 Å². The molecule has 2 nitrogen and oxygen atoms in total. The van der Waals surface area contributed by atoms with E-state index in [9.17, 15) is 4.39 Å². The second-order valence-electron chi connectivity index (χ2n) is 3.77. The van der Waals surface area contributed by atoms with E-state index in [4.69, 9.17) is 11.6 Å². The van der Waals surface area contributed by atoms with Crippen LogP contribution in [0.1, 0.15) is 12.0 Å². The van der Waals surface area contributed by atoms with E-state index in [0.29, 0.717) is 23.2 Å². The van der Waals surface area contributed by atoms with E-state index in [1.54, 1.807) is 12.1 Å². The lowest BCUT2D eigenvalue weighted by Gasteiger charge is -2.12. The Morgan fingerprint density at radius 1 is 1.53 bits per heavy atom. The summed E-state index contributed by atoms with van der Waals surface area (Å²) in [5.41, 5.74) is 0.561. The first-order chi connectivity index (χ1) is 7.27. The molecule has 0 spiro atoms. The van der Waals surface area contributed by atoms with Crippen molar-refractivity contribution in [1.82, 2.24) is 10.6 Å². The Hall–Kier alpha value is -0.640. The Morgan fingerprint density at radius 3 is 3.07 bits per heavy atom. The van der Waals surface area contributed by atoms with Crippen LogP contribution in [0.25, 0.3) is 0 Å². The third-order valence-electron chi connectivity index (χ3n) is 2.69. The number of halogens is 2. The fraction of sp³-hybridized carbons (Fsp3) is 0.455. The SMILES string of the molecule is Fc1cccc(Cl)c1CN[C@H]1CCNC1. The number of hydrogen-bond acceptors (Lipinski definition) is 2. The molecule has 4 heteroatoms. The van der Waals surface area contributed by atoms with Crippen molar-refractivity contribution in [3.8, 4) is 0 Å². The van der Waals surface area contributed by atoms with Gasteiger partial charge in [-0.05, 0) is 25.1 Å². The number of rotatable bonds is 3. The number of hydrogen-bond donors (Lipinski definition) is 2. The van der Waals surface area contributed by atoms with E-state index >= 15 is 0 Å². The van der Waals surface area contributed by atoms with Gasteiger partial charge in [0.25, 0.3) is 0 Å². The van der Waals surface area contributed by atoms with Crippen molar-refractivity contribution in [3.63, 3.8) is 0 Å². The van der Waals surface area contributed by atoms with E-state index in [2.05, 4.69) is 10.6 Å². The van der Waals surface area contributed by atoms with E-state index in [1.807, 2.05) is 0 Å². The maximum Gasteiger partial charge on any atom is 0.129 e. The first kappa shape index (κ1) is 10.9. The quantitative estimate of drug-likeness (QED) is 0.826. The van der Waals surface area contributed by atoms with Crippen LogP contribution in [-0.4, -0.2) is 19.1 Å². The zero-order valence-corrected chi connectivity index (χ0v) is 9.15. The molecule has 82 valence electrons. The molecular weight excluding hydrogens is 215 g/mol. The van der Waals surface area contributed by atoms with Crippen LogP contribution in [-0.2, 0) is 6.54 Å². The van der Waals surface area contributed by atoms with Crippen LogP contribution in [0.4, 0.5) is 4.39 Å². The maximum atomic E-state index is 13.4. The van der Waals surface area contributed by atoms with Crippen LogP contribution in [0.15, 0.2) is 18.2 Å². The second kappa shape index (κ2) is 4.92. The molecule has 1 aromatic rings. The topological polar surface area (TPSA) is 24.1 Å². The molecule has 2 rings (SSSR count). The van der Waals surface area contributed by atoms with Crippen LogP contribution in [0.3, 0.4) is 0 Å². The zero-order valence-electron chi connectivity index (χ0n) is 8.39. The molecule has 1 saturated heterocycles. The molecule has 0 aliphatic carbocycles. The Balaban J connectivity index is 1.97. The van der Waals surface area contributed by atoms with Crippen LogP contribution in [0, 0.1) is 5.82 Å². The second-order valence-corrected chi connectivity index (χ2v) is 4.18. The van der Waals surface area contributed by atoms with Gasteiger partial charge in [0.1, 0.15) is 5.82 Å². The summed E-state index contributed by atoms with van der Waals surface area (Å²) in [7, 11) is 0. The first-order valence-corrected chi connectivity index (χ1v) is 5.52.